The molecule has 1 amide bonds. The molecule has 2 rings (SSSR count). The molecule has 0 radical (unpaired) electrons. The number of furan rings is 1. The van der Waals surface area contributed by atoms with Gasteiger partial charge in [-0.25, -0.2) is 0 Å². The Morgan fingerprint density at radius 3 is 2.45 bits per heavy atom. The second-order valence-corrected chi connectivity index (χ2v) is 4.44. The molecule has 0 saturated carbocycles. The predicted octanol–water partition coefficient (Wildman–Crippen LogP) is 1.98. The van der Waals surface area contributed by atoms with E-state index in [-0.39, 0.29) is 31.4 Å². The number of carbonyl (C=O) groups is 1. The summed E-state index contributed by atoms with van der Waals surface area (Å²) in [6, 6.07) is 10.5. The fourth-order valence-corrected chi connectivity index (χ4v) is 1.79. The van der Waals surface area contributed by atoms with E-state index in [9.17, 15) is 4.79 Å². The fraction of sp³-hybridized carbons (Fsp3) is 0.312. The largest absolute Gasteiger partial charge is 0.494 e. The minimum absolute atomic E-state index is 0.111. The van der Waals surface area contributed by atoms with Crippen molar-refractivity contribution in [3.05, 3.63) is 47.9 Å². The Labute approximate surface area is 128 Å². The molecule has 0 atom stereocenters. The van der Waals surface area contributed by atoms with E-state index in [1.807, 2.05) is 31.2 Å². The lowest BCUT2D eigenvalue weighted by Crippen LogP contribution is -2.25. The highest BCUT2D eigenvalue weighted by Crippen LogP contribution is 2.19. The highest BCUT2D eigenvalue weighted by Gasteiger charge is 2.10. The number of aliphatic hydroxyl groups excluding tert-OH is 1. The van der Waals surface area contributed by atoms with E-state index in [1.165, 1.54) is 0 Å². The van der Waals surface area contributed by atoms with Gasteiger partial charge in [0.15, 0.2) is 5.76 Å². The first kappa shape index (κ1) is 15.9. The van der Waals surface area contributed by atoms with Gasteiger partial charge in [0, 0.05) is 6.54 Å². The summed E-state index contributed by atoms with van der Waals surface area (Å²) >= 11 is 0. The van der Waals surface area contributed by atoms with Gasteiger partial charge in [-0.05, 0) is 43.3 Å². The molecule has 118 valence electrons. The van der Waals surface area contributed by atoms with Crippen LogP contribution in [0.5, 0.6) is 11.5 Å². The van der Waals surface area contributed by atoms with Crippen LogP contribution in [0.25, 0.3) is 0 Å². The Hall–Kier alpha value is -2.47. The van der Waals surface area contributed by atoms with Crippen molar-refractivity contribution < 1.29 is 23.8 Å². The van der Waals surface area contributed by atoms with E-state index in [0.29, 0.717) is 18.1 Å². The second kappa shape index (κ2) is 8.09. The fourth-order valence-electron chi connectivity index (χ4n) is 1.79. The van der Waals surface area contributed by atoms with Gasteiger partial charge in [-0.2, -0.15) is 0 Å². The van der Waals surface area contributed by atoms with Crippen LogP contribution in [0.15, 0.2) is 40.8 Å². The normalized spacial score (nSPS) is 10.3. The minimum atomic E-state index is -0.360. The third-order valence-corrected chi connectivity index (χ3v) is 2.80. The van der Waals surface area contributed by atoms with Crippen LogP contribution in [-0.4, -0.2) is 30.8 Å². The van der Waals surface area contributed by atoms with Crippen LogP contribution in [-0.2, 0) is 6.61 Å². The summed E-state index contributed by atoms with van der Waals surface area (Å²) in [6.45, 7) is 2.85. The number of rotatable bonds is 8. The first-order valence-electron chi connectivity index (χ1n) is 7.06. The van der Waals surface area contributed by atoms with Crippen LogP contribution < -0.4 is 14.8 Å². The van der Waals surface area contributed by atoms with Gasteiger partial charge in [0.25, 0.3) is 5.91 Å². The molecule has 2 N–H and O–H groups in total. The molecule has 1 heterocycles. The van der Waals surface area contributed by atoms with E-state index in [1.54, 1.807) is 12.1 Å². The van der Waals surface area contributed by atoms with Crippen molar-refractivity contribution in [2.75, 3.05) is 19.8 Å². The van der Waals surface area contributed by atoms with Gasteiger partial charge in [-0.15, -0.1) is 0 Å². The van der Waals surface area contributed by atoms with Crippen LogP contribution in [0.2, 0.25) is 0 Å². The van der Waals surface area contributed by atoms with Crippen molar-refractivity contribution in [1.29, 1.82) is 0 Å². The monoisotopic (exact) mass is 305 g/mol. The van der Waals surface area contributed by atoms with E-state index in [4.69, 9.17) is 19.0 Å². The third-order valence-electron chi connectivity index (χ3n) is 2.80. The average Bonchev–Trinajstić information content (AvgIpc) is 3.01. The molecule has 0 fully saturated rings. The van der Waals surface area contributed by atoms with Crippen LogP contribution >= 0.6 is 0 Å². The van der Waals surface area contributed by atoms with E-state index in [2.05, 4.69) is 5.32 Å². The van der Waals surface area contributed by atoms with Gasteiger partial charge in [0.2, 0.25) is 0 Å². The Morgan fingerprint density at radius 1 is 1.14 bits per heavy atom. The zero-order valence-corrected chi connectivity index (χ0v) is 12.4. The Balaban J connectivity index is 1.86. The summed E-state index contributed by atoms with van der Waals surface area (Å²) in [5.41, 5.74) is 0. The topological polar surface area (TPSA) is 80.9 Å². The van der Waals surface area contributed by atoms with Crippen molar-refractivity contribution in [2.45, 2.75) is 13.5 Å². The molecular formula is C16H19NO5. The van der Waals surface area contributed by atoms with Gasteiger partial charge in [0.1, 0.15) is 23.9 Å². The lowest BCUT2D eigenvalue weighted by molar-refractivity contribution is 0.0913. The van der Waals surface area contributed by atoms with Crippen molar-refractivity contribution in [3.8, 4) is 11.5 Å². The number of nitrogens with one attached hydrogen (secondary N) is 1. The minimum Gasteiger partial charge on any atom is -0.494 e. The summed E-state index contributed by atoms with van der Waals surface area (Å²) in [7, 11) is 0. The molecule has 0 aliphatic heterocycles. The quantitative estimate of drug-likeness (QED) is 0.779. The van der Waals surface area contributed by atoms with Gasteiger partial charge < -0.3 is 24.3 Å². The first-order valence-corrected chi connectivity index (χ1v) is 7.06. The second-order valence-electron chi connectivity index (χ2n) is 4.44. The van der Waals surface area contributed by atoms with E-state index >= 15 is 0 Å². The number of aliphatic hydroxyl groups is 1. The summed E-state index contributed by atoms with van der Waals surface area (Å²) in [4.78, 5) is 11.6. The van der Waals surface area contributed by atoms with Crippen LogP contribution in [0.4, 0.5) is 0 Å². The van der Waals surface area contributed by atoms with Gasteiger partial charge in [0.05, 0.1) is 13.2 Å². The first-order chi connectivity index (χ1) is 10.7. The molecule has 22 heavy (non-hydrogen) atoms. The number of benzene rings is 1. The standard InChI is InChI=1S/C16H19NO5/c1-2-20-12-3-5-13(6-4-12)21-11-14-7-8-15(22-14)16(19)17-9-10-18/h3-8,18H,2,9-11H2,1H3,(H,17,19). The number of ether oxygens (including phenoxy) is 2. The Kier molecular flexibility index (Phi) is 5.85. The zero-order chi connectivity index (χ0) is 15.8. The average molecular weight is 305 g/mol. The highest BCUT2D eigenvalue weighted by atomic mass is 16.5. The summed E-state index contributed by atoms with van der Waals surface area (Å²) in [5, 5.41) is 11.2. The zero-order valence-electron chi connectivity index (χ0n) is 12.4. The lowest BCUT2D eigenvalue weighted by Gasteiger charge is -2.06. The molecule has 0 spiro atoms. The molecule has 1 aromatic carbocycles. The summed E-state index contributed by atoms with van der Waals surface area (Å²) < 4.78 is 16.3. The maximum absolute atomic E-state index is 11.6. The lowest BCUT2D eigenvalue weighted by atomic mass is 10.3. The van der Waals surface area contributed by atoms with Crippen molar-refractivity contribution in [2.24, 2.45) is 0 Å². The Bertz CT molecular complexity index is 591. The SMILES string of the molecule is CCOc1ccc(OCc2ccc(C(=O)NCCO)o2)cc1. The van der Waals surface area contributed by atoms with E-state index in [0.717, 1.165) is 5.75 Å². The summed E-state index contributed by atoms with van der Waals surface area (Å²) in [5.74, 6) is 1.85. The van der Waals surface area contributed by atoms with Crippen molar-refractivity contribution >= 4 is 5.91 Å². The predicted molar refractivity (Wildman–Crippen MR) is 80.1 cm³/mol. The molecule has 6 heteroatoms. The molecule has 0 bridgehead atoms. The number of amides is 1. The molecule has 0 aliphatic carbocycles. The number of hydrogen-bond acceptors (Lipinski definition) is 5. The molecule has 0 saturated heterocycles. The molecule has 0 aliphatic rings. The molecule has 6 nitrogen and oxygen atoms in total. The van der Waals surface area contributed by atoms with Crippen LogP contribution in [0.1, 0.15) is 23.2 Å². The van der Waals surface area contributed by atoms with Crippen molar-refractivity contribution in [3.63, 3.8) is 0 Å². The maximum atomic E-state index is 11.6. The molecule has 0 unspecified atom stereocenters. The van der Waals surface area contributed by atoms with Gasteiger partial charge in [-0.1, -0.05) is 0 Å². The number of carbonyl (C=O) groups excluding carboxylic acids is 1. The summed E-state index contributed by atoms with van der Waals surface area (Å²) in [6.07, 6.45) is 0. The molecule has 1 aromatic heterocycles. The number of hydrogen-bond donors (Lipinski definition) is 2. The van der Waals surface area contributed by atoms with Crippen molar-refractivity contribution in [1.82, 2.24) is 5.32 Å². The Morgan fingerprint density at radius 2 is 1.82 bits per heavy atom. The van der Waals surface area contributed by atoms with Gasteiger partial charge >= 0.3 is 0 Å². The maximum Gasteiger partial charge on any atom is 0.287 e. The van der Waals surface area contributed by atoms with Crippen LogP contribution in [0, 0.1) is 0 Å². The highest BCUT2D eigenvalue weighted by molar-refractivity contribution is 5.91. The van der Waals surface area contributed by atoms with E-state index < -0.39 is 0 Å². The van der Waals surface area contributed by atoms with Gasteiger partial charge in [-0.3, -0.25) is 4.79 Å². The smallest absolute Gasteiger partial charge is 0.287 e. The van der Waals surface area contributed by atoms with Crippen LogP contribution in [0.3, 0.4) is 0 Å². The molecule has 2 aromatic rings. The third kappa shape index (κ3) is 4.53. The molecular weight excluding hydrogens is 286 g/mol.